The number of carbonyl (C=O) groups is 3. The summed E-state index contributed by atoms with van der Waals surface area (Å²) in [6.45, 7) is 3.69. The van der Waals surface area contributed by atoms with Gasteiger partial charge in [-0.2, -0.15) is 0 Å². The van der Waals surface area contributed by atoms with Crippen molar-refractivity contribution in [3.8, 4) is 5.75 Å². The third kappa shape index (κ3) is 4.72. The van der Waals surface area contributed by atoms with E-state index in [0.29, 0.717) is 5.75 Å². The zero-order chi connectivity index (χ0) is 19.3. The van der Waals surface area contributed by atoms with Crippen molar-refractivity contribution in [2.75, 3.05) is 13.7 Å². The molecule has 0 radical (unpaired) electrons. The highest BCUT2D eigenvalue weighted by atomic mass is 16.5. The second kappa shape index (κ2) is 8.66. The minimum absolute atomic E-state index is 0.0596. The molecule has 2 unspecified atom stereocenters. The van der Waals surface area contributed by atoms with Crippen molar-refractivity contribution in [2.24, 2.45) is 5.92 Å². The van der Waals surface area contributed by atoms with Gasteiger partial charge in [0.15, 0.2) is 0 Å². The van der Waals surface area contributed by atoms with Gasteiger partial charge in [0, 0.05) is 0 Å². The summed E-state index contributed by atoms with van der Waals surface area (Å²) in [5.74, 6) is -0.0813. The maximum Gasteiger partial charge on any atom is 0.325 e. The summed E-state index contributed by atoms with van der Waals surface area (Å²) < 4.78 is 5.08. The third-order valence-electron chi connectivity index (χ3n) is 4.34. The predicted octanol–water partition coefficient (Wildman–Crippen LogP) is 0.639. The summed E-state index contributed by atoms with van der Waals surface area (Å²) >= 11 is 0. The summed E-state index contributed by atoms with van der Waals surface area (Å²) in [6, 6.07) is 5.24. The number of urea groups is 1. The number of benzene rings is 1. The van der Waals surface area contributed by atoms with Gasteiger partial charge in [-0.15, -0.1) is 0 Å². The van der Waals surface area contributed by atoms with Gasteiger partial charge in [-0.1, -0.05) is 26.0 Å². The Morgan fingerprint density at radius 1 is 1.31 bits per heavy atom. The molecule has 0 bridgehead atoms. The maximum absolute atomic E-state index is 12.5. The van der Waals surface area contributed by atoms with Crippen LogP contribution in [0.2, 0.25) is 0 Å². The maximum atomic E-state index is 12.5. The molecule has 0 aliphatic carbocycles. The lowest BCUT2D eigenvalue weighted by Crippen LogP contribution is -2.44. The van der Waals surface area contributed by atoms with Crippen LogP contribution in [0.15, 0.2) is 24.3 Å². The topological polar surface area (TPSA) is 108 Å². The van der Waals surface area contributed by atoms with Crippen LogP contribution in [0.3, 0.4) is 0 Å². The fourth-order valence-electron chi connectivity index (χ4n) is 2.65. The molecule has 2 rings (SSSR count). The summed E-state index contributed by atoms with van der Waals surface area (Å²) in [6.07, 6.45) is -0.160. The van der Waals surface area contributed by atoms with Crippen LogP contribution in [0.1, 0.15) is 25.8 Å². The van der Waals surface area contributed by atoms with E-state index in [1.807, 2.05) is 13.8 Å². The zero-order valence-corrected chi connectivity index (χ0v) is 15.2. The van der Waals surface area contributed by atoms with Crippen LogP contribution in [-0.2, 0) is 16.1 Å². The van der Waals surface area contributed by atoms with Gasteiger partial charge in [0.1, 0.15) is 11.8 Å². The predicted molar refractivity (Wildman–Crippen MR) is 94.3 cm³/mol. The molecule has 3 N–H and O–H groups in total. The number of hydrogen-bond acceptors (Lipinski definition) is 5. The van der Waals surface area contributed by atoms with Gasteiger partial charge in [-0.25, -0.2) is 4.79 Å². The van der Waals surface area contributed by atoms with Crippen molar-refractivity contribution >= 4 is 17.8 Å². The molecule has 26 heavy (non-hydrogen) atoms. The van der Waals surface area contributed by atoms with Crippen molar-refractivity contribution in [3.63, 3.8) is 0 Å². The Morgan fingerprint density at radius 2 is 1.96 bits per heavy atom. The number of amides is 4. The third-order valence-corrected chi connectivity index (χ3v) is 4.34. The Morgan fingerprint density at radius 3 is 2.50 bits per heavy atom. The molecule has 8 nitrogen and oxygen atoms in total. The van der Waals surface area contributed by atoms with Crippen LogP contribution in [0, 0.1) is 5.92 Å². The first-order chi connectivity index (χ1) is 12.3. The smallest absolute Gasteiger partial charge is 0.325 e. The number of methoxy groups -OCH3 is 1. The molecular formula is C18H25N3O5. The Hall–Kier alpha value is -2.61. The standard InChI is InChI=1S/C18H25N3O5/c1-11(2)15(10-22)19-16(23)8-14-17(24)21(18(25)20-14)9-12-4-6-13(26-3)7-5-12/h4-7,11,14-15,22H,8-10H2,1-3H3,(H,19,23)(H,20,25). The number of imide groups is 1. The van der Waals surface area contributed by atoms with Gasteiger partial charge < -0.3 is 20.5 Å². The van der Waals surface area contributed by atoms with E-state index in [4.69, 9.17) is 4.74 Å². The SMILES string of the molecule is COc1ccc(CN2C(=O)NC(CC(=O)NC(CO)C(C)C)C2=O)cc1. The Labute approximate surface area is 152 Å². The monoisotopic (exact) mass is 363 g/mol. The lowest BCUT2D eigenvalue weighted by Gasteiger charge is -2.20. The Kier molecular flexibility index (Phi) is 6.57. The second-order valence-corrected chi connectivity index (χ2v) is 6.58. The lowest BCUT2D eigenvalue weighted by molar-refractivity contribution is -0.131. The van der Waals surface area contributed by atoms with Crippen LogP contribution in [-0.4, -0.2) is 53.7 Å². The van der Waals surface area contributed by atoms with Gasteiger partial charge in [0.2, 0.25) is 5.91 Å². The minimum Gasteiger partial charge on any atom is -0.497 e. The molecular weight excluding hydrogens is 338 g/mol. The van der Waals surface area contributed by atoms with Gasteiger partial charge in [-0.05, 0) is 23.6 Å². The Balaban J connectivity index is 1.95. The summed E-state index contributed by atoms with van der Waals surface area (Å²) in [7, 11) is 1.56. The Bertz CT molecular complexity index is 659. The molecule has 0 saturated carbocycles. The van der Waals surface area contributed by atoms with E-state index in [2.05, 4.69) is 10.6 Å². The van der Waals surface area contributed by atoms with Gasteiger partial charge >= 0.3 is 6.03 Å². The van der Waals surface area contributed by atoms with Gasteiger partial charge in [0.25, 0.3) is 5.91 Å². The largest absolute Gasteiger partial charge is 0.497 e. The van der Waals surface area contributed by atoms with E-state index in [9.17, 15) is 19.5 Å². The first kappa shape index (κ1) is 19.7. The number of nitrogens with one attached hydrogen (secondary N) is 2. The minimum atomic E-state index is -0.896. The van der Waals surface area contributed by atoms with Crippen LogP contribution >= 0.6 is 0 Å². The van der Waals surface area contributed by atoms with Crippen molar-refractivity contribution in [1.29, 1.82) is 0 Å². The van der Waals surface area contributed by atoms with Gasteiger partial charge in [-0.3, -0.25) is 14.5 Å². The summed E-state index contributed by atoms with van der Waals surface area (Å²) in [5.41, 5.74) is 0.777. The molecule has 8 heteroatoms. The number of nitrogens with zero attached hydrogens (tertiary/aromatic N) is 1. The molecule has 2 atom stereocenters. The number of aliphatic hydroxyl groups excluding tert-OH is 1. The van der Waals surface area contributed by atoms with Crippen molar-refractivity contribution in [2.45, 2.75) is 38.9 Å². The number of aliphatic hydroxyl groups is 1. The van der Waals surface area contributed by atoms with Crippen LogP contribution in [0.4, 0.5) is 4.79 Å². The number of rotatable bonds is 8. The molecule has 1 aromatic carbocycles. The van der Waals surface area contributed by atoms with Crippen molar-refractivity contribution in [3.05, 3.63) is 29.8 Å². The highest BCUT2D eigenvalue weighted by Crippen LogP contribution is 2.17. The molecule has 142 valence electrons. The number of carbonyl (C=O) groups excluding carboxylic acids is 3. The molecule has 1 aromatic rings. The molecule has 0 spiro atoms. The van der Waals surface area contributed by atoms with E-state index >= 15 is 0 Å². The number of ether oxygens (including phenoxy) is 1. The highest BCUT2D eigenvalue weighted by Gasteiger charge is 2.39. The second-order valence-electron chi connectivity index (χ2n) is 6.58. The molecule has 1 aliphatic heterocycles. The molecule has 1 aliphatic rings. The van der Waals surface area contributed by atoms with E-state index in [1.54, 1.807) is 31.4 Å². The molecule has 4 amide bonds. The lowest BCUT2D eigenvalue weighted by atomic mass is 10.0. The zero-order valence-electron chi connectivity index (χ0n) is 15.2. The first-order valence-corrected chi connectivity index (χ1v) is 8.50. The summed E-state index contributed by atoms with van der Waals surface area (Å²) in [4.78, 5) is 37.7. The van der Waals surface area contributed by atoms with Crippen LogP contribution < -0.4 is 15.4 Å². The fraction of sp³-hybridized carbons (Fsp3) is 0.500. The van der Waals surface area contributed by atoms with Crippen molar-refractivity contribution in [1.82, 2.24) is 15.5 Å². The summed E-state index contributed by atoms with van der Waals surface area (Å²) in [5, 5.41) is 14.5. The van der Waals surface area contributed by atoms with Crippen LogP contribution in [0.5, 0.6) is 5.75 Å². The van der Waals surface area contributed by atoms with Gasteiger partial charge in [0.05, 0.1) is 32.7 Å². The molecule has 1 heterocycles. The van der Waals surface area contributed by atoms with Crippen LogP contribution in [0.25, 0.3) is 0 Å². The normalized spacial score (nSPS) is 18.0. The average Bonchev–Trinajstić information content (AvgIpc) is 2.87. The number of hydrogen-bond donors (Lipinski definition) is 3. The molecule has 1 saturated heterocycles. The van der Waals surface area contributed by atoms with E-state index in [1.165, 1.54) is 0 Å². The van der Waals surface area contributed by atoms with E-state index in [0.717, 1.165) is 10.5 Å². The highest BCUT2D eigenvalue weighted by molar-refractivity contribution is 6.05. The fourth-order valence-corrected chi connectivity index (χ4v) is 2.65. The van der Waals surface area contributed by atoms with E-state index in [-0.39, 0.29) is 37.4 Å². The van der Waals surface area contributed by atoms with Crippen molar-refractivity contribution < 1.29 is 24.2 Å². The average molecular weight is 363 g/mol. The first-order valence-electron chi connectivity index (χ1n) is 8.50. The molecule has 1 fully saturated rings. The molecule has 0 aromatic heterocycles. The van der Waals surface area contributed by atoms with E-state index < -0.39 is 18.0 Å². The quantitative estimate of drug-likeness (QED) is 0.588.